The molecule has 1 amide bonds. The standard InChI is InChI=1S/C14H19IN2O2S/c1-4-10-7-12-11(8-16-10)14(2,3)13(18)17(12)9-19-5-6-20-15/h7-8H,4-6,9H2,1-3H3. The summed E-state index contributed by atoms with van der Waals surface area (Å²) in [5.41, 5.74) is 2.43. The van der Waals surface area contributed by atoms with Crippen LogP contribution in [0.2, 0.25) is 0 Å². The van der Waals surface area contributed by atoms with Crippen LogP contribution in [0.25, 0.3) is 0 Å². The van der Waals surface area contributed by atoms with E-state index in [1.807, 2.05) is 26.1 Å². The second kappa shape index (κ2) is 6.62. The van der Waals surface area contributed by atoms with Crippen molar-refractivity contribution < 1.29 is 9.53 Å². The Kier molecular flexibility index (Phi) is 5.30. The molecule has 0 bridgehead atoms. The smallest absolute Gasteiger partial charge is 0.239 e. The van der Waals surface area contributed by atoms with Crippen LogP contribution >= 0.6 is 30.1 Å². The molecule has 2 rings (SSSR count). The Hall–Kier alpha value is -0.340. The Balaban J connectivity index is 2.24. The third-order valence-electron chi connectivity index (χ3n) is 3.57. The number of carbonyl (C=O) groups excluding carboxylic acids is 1. The van der Waals surface area contributed by atoms with Crippen molar-refractivity contribution in [3.05, 3.63) is 23.5 Å². The lowest BCUT2D eigenvalue weighted by molar-refractivity contribution is -0.123. The highest BCUT2D eigenvalue weighted by molar-refractivity contribution is 14.2. The van der Waals surface area contributed by atoms with Crippen LogP contribution in [0.3, 0.4) is 0 Å². The summed E-state index contributed by atoms with van der Waals surface area (Å²) in [4.78, 5) is 18.7. The van der Waals surface area contributed by atoms with Crippen molar-refractivity contribution in [2.45, 2.75) is 32.6 Å². The van der Waals surface area contributed by atoms with Crippen molar-refractivity contribution in [1.82, 2.24) is 4.98 Å². The first-order valence-electron chi connectivity index (χ1n) is 6.65. The van der Waals surface area contributed by atoms with E-state index in [9.17, 15) is 4.79 Å². The normalized spacial score (nSPS) is 16.6. The van der Waals surface area contributed by atoms with Gasteiger partial charge in [-0.25, -0.2) is 0 Å². The molecule has 0 unspecified atom stereocenters. The molecule has 1 aliphatic rings. The number of amides is 1. The first-order chi connectivity index (χ1) is 9.52. The number of nitrogens with zero attached hydrogens (tertiary/aromatic N) is 2. The maximum absolute atomic E-state index is 12.6. The number of halogens is 1. The lowest BCUT2D eigenvalue weighted by Crippen LogP contribution is -2.37. The zero-order valence-corrected chi connectivity index (χ0v) is 15.0. The van der Waals surface area contributed by atoms with E-state index in [1.165, 1.54) is 0 Å². The lowest BCUT2D eigenvalue weighted by atomic mass is 9.87. The van der Waals surface area contributed by atoms with Crippen LogP contribution in [-0.4, -0.2) is 30.0 Å². The fourth-order valence-corrected chi connectivity index (χ4v) is 3.04. The highest BCUT2D eigenvalue weighted by Crippen LogP contribution is 2.41. The second-order valence-corrected chi connectivity index (χ2v) is 7.75. The summed E-state index contributed by atoms with van der Waals surface area (Å²) in [5, 5.41) is 0. The summed E-state index contributed by atoms with van der Waals surface area (Å²) in [5.74, 6) is 1.01. The van der Waals surface area contributed by atoms with Gasteiger partial charge in [-0.2, -0.15) is 0 Å². The second-order valence-electron chi connectivity index (χ2n) is 5.26. The van der Waals surface area contributed by atoms with Gasteiger partial charge in [0.2, 0.25) is 5.91 Å². The van der Waals surface area contributed by atoms with E-state index in [0.29, 0.717) is 13.3 Å². The van der Waals surface area contributed by atoms with Gasteiger partial charge in [0, 0.05) is 23.2 Å². The first kappa shape index (κ1) is 16.0. The number of ether oxygens (including phenoxy) is 1. The van der Waals surface area contributed by atoms with Crippen LogP contribution in [-0.2, 0) is 21.4 Å². The summed E-state index contributed by atoms with van der Waals surface area (Å²) >= 11 is 2.24. The number of hydrogen-bond acceptors (Lipinski definition) is 4. The van der Waals surface area contributed by atoms with Crippen molar-refractivity contribution in [2.75, 3.05) is 24.0 Å². The number of fused-ring (bicyclic) bond motifs is 1. The molecule has 1 aromatic heterocycles. The highest BCUT2D eigenvalue weighted by Gasteiger charge is 2.44. The zero-order chi connectivity index (χ0) is 14.8. The monoisotopic (exact) mass is 406 g/mol. The van der Waals surface area contributed by atoms with Crippen molar-refractivity contribution in [3.8, 4) is 0 Å². The number of rotatable bonds is 6. The Bertz CT molecular complexity index is 508. The molecular weight excluding hydrogens is 387 g/mol. The minimum Gasteiger partial charge on any atom is -0.360 e. The molecule has 0 saturated heterocycles. The molecule has 0 radical (unpaired) electrons. The van der Waals surface area contributed by atoms with Gasteiger partial charge in [-0.15, -0.1) is 0 Å². The quantitative estimate of drug-likeness (QED) is 0.537. The van der Waals surface area contributed by atoms with Crippen LogP contribution in [0.15, 0.2) is 12.3 Å². The van der Waals surface area contributed by atoms with E-state index in [0.717, 1.165) is 29.1 Å². The molecular formula is C14H19IN2O2S. The lowest BCUT2D eigenvalue weighted by Gasteiger charge is -2.20. The minimum absolute atomic E-state index is 0.0877. The van der Waals surface area contributed by atoms with Crippen LogP contribution in [0.4, 0.5) is 5.69 Å². The SMILES string of the molecule is CCc1cc2c(cn1)C(C)(C)C(=O)N2COCCSI. The van der Waals surface area contributed by atoms with Gasteiger partial charge >= 0.3 is 0 Å². The van der Waals surface area contributed by atoms with Gasteiger partial charge in [-0.3, -0.25) is 14.7 Å². The largest absolute Gasteiger partial charge is 0.360 e. The molecule has 0 fully saturated rings. The molecule has 20 heavy (non-hydrogen) atoms. The highest BCUT2D eigenvalue weighted by atomic mass is 127. The van der Waals surface area contributed by atoms with Gasteiger partial charge in [0.1, 0.15) is 6.73 Å². The van der Waals surface area contributed by atoms with E-state index in [2.05, 4.69) is 33.1 Å². The summed E-state index contributed by atoms with van der Waals surface area (Å²) in [6.45, 7) is 6.93. The summed E-state index contributed by atoms with van der Waals surface area (Å²) in [6.07, 6.45) is 2.70. The Morgan fingerprint density at radius 2 is 2.25 bits per heavy atom. The fourth-order valence-electron chi connectivity index (χ4n) is 2.32. The predicted molar refractivity (Wildman–Crippen MR) is 91.4 cm³/mol. The topological polar surface area (TPSA) is 42.4 Å². The number of hydrogen-bond donors (Lipinski definition) is 0. The van der Waals surface area contributed by atoms with E-state index in [4.69, 9.17) is 4.74 Å². The summed E-state index contributed by atoms with van der Waals surface area (Å²) in [6, 6.07) is 2.01. The molecule has 0 aliphatic carbocycles. The Labute approximate surface area is 136 Å². The molecule has 1 aromatic rings. The first-order valence-corrected chi connectivity index (χ1v) is 10.2. The molecule has 0 aromatic carbocycles. The fraction of sp³-hybridized carbons (Fsp3) is 0.571. The van der Waals surface area contributed by atoms with E-state index in [1.54, 1.807) is 13.8 Å². The maximum Gasteiger partial charge on any atom is 0.239 e. The van der Waals surface area contributed by atoms with E-state index < -0.39 is 5.41 Å². The van der Waals surface area contributed by atoms with E-state index in [-0.39, 0.29) is 5.91 Å². The van der Waals surface area contributed by atoms with Crippen molar-refractivity contribution >= 4 is 41.7 Å². The van der Waals surface area contributed by atoms with Crippen LogP contribution in [0, 0.1) is 0 Å². The van der Waals surface area contributed by atoms with Crippen LogP contribution in [0.1, 0.15) is 32.0 Å². The molecule has 0 N–H and O–H groups in total. The Morgan fingerprint density at radius 3 is 2.90 bits per heavy atom. The minimum atomic E-state index is -0.518. The molecule has 2 heterocycles. The molecule has 6 heteroatoms. The van der Waals surface area contributed by atoms with Gasteiger partial charge < -0.3 is 4.74 Å². The van der Waals surface area contributed by atoms with Gasteiger partial charge in [-0.1, -0.05) is 15.9 Å². The van der Waals surface area contributed by atoms with Crippen molar-refractivity contribution in [2.24, 2.45) is 0 Å². The number of pyridine rings is 1. The summed E-state index contributed by atoms with van der Waals surface area (Å²) < 4.78 is 5.61. The molecule has 110 valence electrons. The van der Waals surface area contributed by atoms with Crippen molar-refractivity contribution in [3.63, 3.8) is 0 Å². The third-order valence-corrected chi connectivity index (χ3v) is 5.21. The van der Waals surface area contributed by atoms with Crippen LogP contribution < -0.4 is 4.90 Å². The average molecular weight is 406 g/mol. The number of aryl methyl sites for hydroxylation is 1. The van der Waals surface area contributed by atoms with Gasteiger partial charge in [0.25, 0.3) is 0 Å². The molecule has 0 atom stereocenters. The van der Waals surface area contributed by atoms with Crippen LogP contribution in [0.5, 0.6) is 0 Å². The molecule has 4 nitrogen and oxygen atoms in total. The molecule has 0 saturated carbocycles. The van der Waals surface area contributed by atoms with Gasteiger partial charge in [0.05, 0.1) is 17.7 Å². The summed E-state index contributed by atoms with van der Waals surface area (Å²) in [7, 11) is 1.71. The van der Waals surface area contributed by atoms with E-state index >= 15 is 0 Å². The average Bonchev–Trinajstić information content (AvgIpc) is 2.63. The molecule has 0 spiro atoms. The number of carbonyl (C=O) groups is 1. The molecule has 1 aliphatic heterocycles. The maximum atomic E-state index is 12.6. The number of anilines is 1. The number of aromatic nitrogens is 1. The predicted octanol–water partition coefficient (Wildman–Crippen LogP) is 3.33. The van der Waals surface area contributed by atoms with Crippen molar-refractivity contribution in [1.29, 1.82) is 0 Å². The van der Waals surface area contributed by atoms with Gasteiger partial charge in [0.15, 0.2) is 0 Å². The zero-order valence-electron chi connectivity index (χ0n) is 12.0. The third kappa shape index (κ3) is 2.96. The van der Waals surface area contributed by atoms with Gasteiger partial charge in [-0.05, 0) is 47.5 Å². The Morgan fingerprint density at radius 1 is 1.50 bits per heavy atom.